The van der Waals surface area contributed by atoms with E-state index in [4.69, 9.17) is 0 Å². The molecule has 3 nitrogen and oxygen atoms in total. The summed E-state index contributed by atoms with van der Waals surface area (Å²) in [5.41, 5.74) is 3.10. The first-order chi connectivity index (χ1) is 7.99. The molecule has 1 aromatic rings. The summed E-state index contributed by atoms with van der Waals surface area (Å²) in [4.78, 5) is 13.6. The highest BCUT2D eigenvalue weighted by molar-refractivity contribution is 9.10. The molecule has 0 unspecified atom stereocenters. The molecule has 0 aliphatic carbocycles. The van der Waals surface area contributed by atoms with Gasteiger partial charge in [0.25, 0.3) is 0 Å². The van der Waals surface area contributed by atoms with Gasteiger partial charge in [0, 0.05) is 23.2 Å². The molecule has 0 spiro atoms. The largest absolute Gasteiger partial charge is 0.325 e. The molecule has 0 radical (unpaired) electrons. The Bertz CT molecular complexity index is 391. The molecule has 0 aliphatic rings. The minimum absolute atomic E-state index is 0.0453. The minimum atomic E-state index is -0.0453. The maximum absolute atomic E-state index is 11.9. The number of hydrogen-bond acceptors (Lipinski definition) is 1. The van der Waals surface area contributed by atoms with Crippen LogP contribution in [0.5, 0.6) is 0 Å². The van der Waals surface area contributed by atoms with Crippen molar-refractivity contribution >= 4 is 27.6 Å². The van der Waals surface area contributed by atoms with Gasteiger partial charge in [0.2, 0.25) is 0 Å². The van der Waals surface area contributed by atoms with Crippen LogP contribution < -0.4 is 5.32 Å². The third-order valence-electron chi connectivity index (χ3n) is 2.74. The lowest BCUT2D eigenvalue weighted by molar-refractivity contribution is 0.217. The van der Waals surface area contributed by atoms with Crippen molar-refractivity contribution < 1.29 is 4.79 Å². The van der Waals surface area contributed by atoms with Gasteiger partial charge in [0.1, 0.15) is 0 Å². The molecule has 17 heavy (non-hydrogen) atoms. The first-order valence-corrected chi connectivity index (χ1v) is 6.61. The Morgan fingerprint density at radius 3 is 2.12 bits per heavy atom. The Morgan fingerprint density at radius 1 is 1.24 bits per heavy atom. The normalized spacial score (nSPS) is 10.2. The number of carbonyl (C=O) groups is 1. The van der Waals surface area contributed by atoms with E-state index < -0.39 is 0 Å². The fourth-order valence-corrected chi connectivity index (χ4v) is 1.96. The van der Waals surface area contributed by atoms with Crippen molar-refractivity contribution in [3.05, 3.63) is 27.7 Å². The van der Waals surface area contributed by atoms with E-state index in [9.17, 15) is 4.79 Å². The first-order valence-electron chi connectivity index (χ1n) is 5.82. The highest BCUT2D eigenvalue weighted by Gasteiger charge is 2.10. The summed E-state index contributed by atoms with van der Waals surface area (Å²) in [5, 5.41) is 2.92. The van der Waals surface area contributed by atoms with E-state index in [2.05, 4.69) is 21.2 Å². The highest BCUT2D eigenvalue weighted by atomic mass is 79.9. The number of hydrogen-bond donors (Lipinski definition) is 1. The van der Waals surface area contributed by atoms with Gasteiger partial charge >= 0.3 is 6.03 Å². The van der Waals surface area contributed by atoms with E-state index in [0.29, 0.717) is 0 Å². The smallest absolute Gasteiger partial charge is 0.321 e. The maximum atomic E-state index is 11.9. The van der Waals surface area contributed by atoms with Crippen molar-refractivity contribution in [1.82, 2.24) is 4.90 Å². The zero-order valence-corrected chi connectivity index (χ0v) is 12.4. The van der Waals surface area contributed by atoms with Crippen LogP contribution in [0.1, 0.15) is 25.0 Å². The molecule has 0 saturated heterocycles. The standard InChI is InChI=1S/C13H19BrN2O/c1-5-16(6-2)13(17)15-11-7-9(3)12(14)10(4)8-11/h7-8H,5-6H2,1-4H3,(H,15,17). The summed E-state index contributed by atoms with van der Waals surface area (Å²) in [6, 6.07) is 3.90. The van der Waals surface area contributed by atoms with Crippen LogP contribution in [0.4, 0.5) is 10.5 Å². The summed E-state index contributed by atoms with van der Waals surface area (Å²) in [5.74, 6) is 0. The maximum Gasteiger partial charge on any atom is 0.321 e. The lowest BCUT2D eigenvalue weighted by atomic mass is 10.1. The molecule has 0 saturated carbocycles. The van der Waals surface area contributed by atoms with Crippen LogP contribution in [0.2, 0.25) is 0 Å². The molecule has 1 aromatic carbocycles. The number of nitrogens with zero attached hydrogens (tertiary/aromatic N) is 1. The van der Waals surface area contributed by atoms with Gasteiger partial charge in [-0.25, -0.2) is 4.79 Å². The fourth-order valence-electron chi connectivity index (χ4n) is 1.73. The zero-order valence-electron chi connectivity index (χ0n) is 10.8. The van der Waals surface area contributed by atoms with Gasteiger partial charge in [-0.15, -0.1) is 0 Å². The Balaban J connectivity index is 2.85. The quantitative estimate of drug-likeness (QED) is 0.901. The summed E-state index contributed by atoms with van der Waals surface area (Å²) < 4.78 is 1.10. The summed E-state index contributed by atoms with van der Waals surface area (Å²) in [6.07, 6.45) is 0. The third kappa shape index (κ3) is 3.46. The van der Waals surface area contributed by atoms with Crippen LogP contribution in [0, 0.1) is 13.8 Å². The molecule has 4 heteroatoms. The van der Waals surface area contributed by atoms with Crippen LogP contribution in [0.15, 0.2) is 16.6 Å². The molecule has 0 aliphatic heterocycles. The van der Waals surface area contributed by atoms with Crippen LogP contribution in [-0.4, -0.2) is 24.0 Å². The van der Waals surface area contributed by atoms with Gasteiger partial charge in [-0.3, -0.25) is 0 Å². The van der Waals surface area contributed by atoms with Gasteiger partial charge in [-0.1, -0.05) is 15.9 Å². The summed E-state index contributed by atoms with van der Waals surface area (Å²) in [7, 11) is 0. The molecular weight excluding hydrogens is 280 g/mol. The van der Waals surface area contributed by atoms with E-state index in [1.807, 2.05) is 39.8 Å². The van der Waals surface area contributed by atoms with Gasteiger partial charge < -0.3 is 10.2 Å². The van der Waals surface area contributed by atoms with Crippen molar-refractivity contribution in [2.45, 2.75) is 27.7 Å². The second-order valence-corrected chi connectivity index (χ2v) is 4.82. The Hall–Kier alpha value is -1.03. The Labute approximate surface area is 111 Å². The second-order valence-electron chi connectivity index (χ2n) is 4.03. The number of halogens is 1. The first kappa shape index (κ1) is 14.0. The van der Waals surface area contributed by atoms with Crippen LogP contribution in [0.3, 0.4) is 0 Å². The average Bonchev–Trinajstić information content (AvgIpc) is 2.27. The Morgan fingerprint density at radius 2 is 1.71 bits per heavy atom. The predicted octanol–water partition coefficient (Wildman–Crippen LogP) is 3.94. The van der Waals surface area contributed by atoms with Gasteiger partial charge in [-0.05, 0) is 51.0 Å². The van der Waals surface area contributed by atoms with E-state index >= 15 is 0 Å². The molecule has 1 rings (SSSR count). The minimum Gasteiger partial charge on any atom is -0.325 e. The average molecular weight is 299 g/mol. The summed E-state index contributed by atoms with van der Waals surface area (Å²) >= 11 is 3.51. The van der Waals surface area contributed by atoms with Crippen molar-refractivity contribution in [3.8, 4) is 0 Å². The molecule has 0 fully saturated rings. The fraction of sp³-hybridized carbons (Fsp3) is 0.462. The molecule has 94 valence electrons. The molecule has 1 N–H and O–H groups in total. The molecular formula is C13H19BrN2O. The number of carbonyl (C=O) groups excluding carboxylic acids is 1. The number of aryl methyl sites for hydroxylation is 2. The van der Waals surface area contributed by atoms with Gasteiger partial charge in [-0.2, -0.15) is 0 Å². The molecule has 0 atom stereocenters. The number of anilines is 1. The highest BCUT2D eigenvalue weighted by Crippen LogP contribution is 2.25. The predicted molar refractivity (Wildman–Crippen MR) is 75.6 cm³/mol. The topological polar surface area (TPSA) is 32.3 Å². The number of amides is 2. The summed E-state index contributed by atoms with van der Waals surface area (Å²) in [6.45, 7) is 9.42. The lowest BCUT2D eigenvalue weighted by Gasteiger charge is -2.19. The molecule has 2 amide bonds. The van der Waals surface area contributed by atoms with E-state index in [0.717, 1.165) is 34.4 Å². The van der Waals surface area contributed by atoms with Crippen LogP contribution in [-0.2, 0) is 0 Å². The molecule has 0 bridgehead atoms. The van der Waals surface area contributed by atoms with Crippen molar-refractivity contribution in [2.75, 3.05) is 18.4 Å². The van der Waals surface area contributed by atoms with Crippen molar-refractivity contribution in [3.63, 3.8) is 0 Å². The van der Waals surface area contributed by atoms with Crippen LogP contribution >= 0.6 is 15.9 Å². The van der Waals surface area contributed by atoms with E-state index in [-0.39, 0.29) is 6.03 Å². The molecule has 0 aromatic heterocycles. The number of benzene rings is 1. The second kappa shape index (κ2) is 6.05. The van der Waals surface area contributed by atoms with Crippen molar-refractivity contribution in [2.24, 2.45) is 0 Å². The lowest BCUT2D eigenvalue weighted by Crippen LogP contribution is -2.34. The number of nitrogens with one attached hydrogen (secondary N) is 1. The SMILES string of the molecule is CCN(CC)C(=O)Nc1cc(C)c(Br)c(C)c1. The number of urea groups is 1. The zero-order chi connectivity index (χ0) is 13.0. The van der Waals surface area contributed by atoms with E-state index in [1.54, 1.807) is 4.90 Å². The number of rotatable bonds is 3. The van der Waals surface area contributed by atoms with E-state index in [1.165, 1.54) is 0 Å². The Kier molecular flexibility index (Phi) is 5.00. The van der Waals surface area contributed by atoms with Gasteiger partial charge in [0.15, 0.2) is 0 Å². The monoisotopic (exact) mass is 298 g/mol. The van der Waals surface area contributed by atoms with Crippen molar-refractivity contribution in [1.29, 1.82) is 0 Å². The van der Waals surface area contributed by atoms with Gasteiger partial charge in [0.05, 0.1) is 0 Å². The third-order valence-corrected chi connectivity index (χ3v) is 3.99. The van der Waals surface area contributed by atoms with Crippen LogP contribution in [0.25, 0.3) is 0 Å². The molecule has 0 heterocycles.